The Balaban J connectivity index is 1.83. The van der Waals surface area contributed by atoms with Gasteiger partial charge in [-0.2, -0.15) is 5.10 Å². The third-order valence-electron chi connectivity index (χ3n) is 4.40. The lowest BCUT2D eigenvalue weighted by molar-refractivity contribution is 0.219. The summed E-state index contributed by atoms with van der Waals surface area (Å²) in [5.41, 5.74) is 4.25. The van der Waals surface area contributed by atoms with E-state index in [2.05, 4.69) is 17.2 Å². The van der Waals surface area contributed by atoms with Crippen LogP contribution in [-0.2, 0) is 7.05 Å². The first-order chi connectivity index (χ1) is 9.16. The first-order valence-electron chi connectivity index (χ1n) is 6.93. The first kappa shape index (κ1) is 12.4. The summed E-state index contributed by atoms with van der Waals surface area (Å²) in [6.07, 6.45) is 5.14. The molecule has 0 amide bonds. The Morgan fingerprint density at radius 1 is 1.26 bits per heavy atom. The molecule has 0 saturated heterocycles. The molecular formula is C16H20N2O. The fraction of sp³-hybridized carbons (Fsp3) is 0.438. The lowest BCUT2D eigenvalue weighted by Gasteiger charge is -2.26. The second-order valence-electron chi connectivity index (χ2n) is 5.51. The van der Waals surface area contributed by atoms with E-state index in [1.807, 2.05) is 26.1 Å². The van der Waals surface area contributed by atoms with Crippen molar-refractivity contribution in [2.75, 3.05) is 0 Å². The molecule has 2 aromatic rings. The van der Waals surface area contributed by atoms with Gasteiger partial charge in [-0.25, -0.2) is 0 Å². The van der Waals surface area contributed by atoms with E-state index in [4.69, 9.17) is 0 Å². The van der Waals surface area contributed by atoms with Crippen molar-refractivity contribution in [3.05, 3.63) is 52.8 Å². The minimum Gasteiger partial charge on any atom is -0.384 e. The molecule has 1 aliphatic rings. The Labute approximate surface area is 113 Å². The Morgan fingerprint density at radius 3 is 2.42 bits per heavy atom. The van der Waals surface area contributed by atoms with Crippen LogP contribution in [0.4, 0.5) is 0 Å². The van der Waals surface area contributed by atoms with Crippen LogP contribution >= 0.6 is 0 Å². The molecule has 1 heterocycles. The molecular weight excluding hydrogens is 236 g/mol. The van der Waals surface area contributed by atoms with Crippen LogP contribution in [0.15, 0.2) is 30.5 Å². The van der Waals surface area contributed by atoms with Gasteiger partial charge in [0.25, 0.3) is 0 Å². The minimum atomic E-state index is -0.579. The van der Waals surface area contributed by atoms with Crippen LogP contribution in [0.2, 0.25) is 0 Å². The van der Waals surface area contributed by atoms with Gasteiger partial charge in [0.2, 0.25) is 0 Å². The quantitative estimate of drug-likeness (QED) is 0.916. The average Bonchev–Trinajstić information content (AvgIpc) is 2.68. The lowest BCUT2D eigenvalue weighted by Crippen LogP contribution is -2.09. The number of nitrogens with zero attached hydrogens (tertiary/aromatic N) is 2. The summed E-state index contributed by atoms with van der Waals surface area (Å²) in [7, 11) is 1.89. The molecule has 1 fully saturated rings. The smallest absolute Gasteiger partial charge is 0.107 e. The molecule has 1 aliphatic carbocycles. The number of aliphatic hydroxyl groups is 1. The van der Waals surface area contributed by atoms with Gasteiger partial charge >= 0.3 is 0 Å². The van der Waals surface area contributed by atoms with E-state index in [-0.39, 0.29) is 0 Å². The molecule has 0 spiro atoms. The SMILES string of the molecule is Cc1c(C(O)c2ccc(C3CCC3)cc2)cnn1C. The largest absolute Gasteiger partial charge is 0.384 e. The molecule has 1 aromatic heterocycles. The van der Waals surface area contributed by atoms with E-state index in [1.54, 1.807) is 10.9 Å². The van der Waals surface area contributed by atoms with Gasteiger partial charge < -0.3 is 5.11 Å². The van der Waals surface area contributed by atoms with Crippen LogP contribution in [0, 0.1) is 6.92 Å². The second kappa shape index (κ2) is 4.82. The second-order valence-corrected chi connectivity index (χ2v) is 5.51. The molecule has 100 valence electrons. The summed E-state index contributed by atoms with van der Waals surface area (Å²) in [5, 5.41) is 14.6. The zero-order valence-corrected chi connectivity index (χ0v) is 11.5. The molecule has 1 saturated carbocycles. The van der Waals surface area contributed by atoms with Crippen molar-refractivity contribution in [2.24, 2.45) is 7.05 Å². The number of hydrogen-bond donors (Lipinski definition) is 1. The fourth-order valence-corrected chi connectivity index (χ4v) is 2.66. The van der Waals surface area contributed by atoms with Gasteiger partial charge in [-0.1, -0.05) is 30.7 Å². The summed E-state index contributed by atoms with van der Waals surface area (Å²) in [6.45, 7) is 1.98. The van der Waals surface area contributed by atoms with Crippen molar-refractivity contribution < 1.29 is 5.11 Å². The predicted octanol–water partition coefficient (Wildman–Crippen LogP) is 3.08. The van der Waals surface area contributed by atoms with Gasteiger partial charge in [0, 0.05) is 18.3 Å². The number of aryl methyl sites for hydroxylation is 1. The molecule has 1 aromatic carbocycles. The maximum atomic E-state index is 10.4. The topological polar surface area (TPSA) is 38.1 Å². The molecule has 1 unspecified atom stereocenters. The number of benzene rings is 1. The minimum absolute atomic E-state index is 0.579. The lowest BCUT2D eigenvalue weighted by atomic mass is 9.80. The molecule has 19 heavy (non-hydrogen) atoms. The average molecular weight is 256 g/mol. The van der Waals surface area contributed by atoms with Crippen LogP contribution < -0.4 is 0 Å². The van der Waals surface area contributed by atoms with Crippen molar-refractivity contribution >= 4 is 0 Å². The van der Waals surface area contributed by atoms with Crippen LogP contribution in [0.5, 0.6) is 0 Å². The van der Waals surface area contributed by atoms with E-state index >= 15 is 0 Å². The number of hydrogen-bond acceptors (Lipinski definition) is 2. The van der Waals surface area contributed by atoms with E-state index in [1.165, 1.54) is 24.8 Å². The van der Waals surface area contributed by atoms with Crippen molar-refractivity contribution in [3.63, 3.8) is 0 Å². The maximum Gasteiger partial charge on any atom is 0.107 e. The van der Waals surface area contributed by atoms with Gasteiger partial charge in [0.15, 0.2) is 0 Å². The maximum absolute atomic E-state index is 10.4. The predicted molar refractivity (Wildman–Crippen MR) is 75.0 cm³/mol. The molecule has 0 bridgehead atoms. The van der Waals surface area contributed by atoms with E-state index in [0.717, 1.165) is 22.7 Å². The highest BCUT2D eigenvalue weighted by Crippen LogP contribution is 2.36. The highest BCUT2D eigenvalue weighted by molar-refractivity contribution is 5.34. The number of aliphatic hydroxyl groups excluding tert-OH is 1. The first-order valence-corrected chi connectivity index (χ1v) is 6.93. The Kier molecular flexibility index (Phi) is 3.15. The summed E-state index contributed by atoms with van der Waals surface area (Å²) < 4.78 is 1.79. The van der Waals surface area contributed by atoms with Crippen molar-refractivity contribution in [3.8, 4) is 0 Å². The third kappa shape index (κ3) is 2.19. The van der Waals surface area contributed by atoms with Gasteiger partial charge in [-0.05, 0) is 36.8 Å². The van der Waals surface area contributed by atoms with E-state index < -0.39 is 6.10 Å². The van der Waals surface area contributed by atoms with Crippen LogP contribution in [0.25, 0.3) is 0 Å². The van der Waals surface area contributed by atoms with E-state index in [9.17, 15) is 5.11 Å². The van der Waals surface area contributed by atoms with Crippen LogP contribution in [0.1, 0.15) is 53.7 Å². The molecule has 3 nitrogen and oxygen atoms in total. The summed E-state index contributed by atoms with van der Waals surface area (Å²) in [4.78, 5) is 0. The van der Waals surface area contributed by atoms with Gasteiger partial charge in [0.05, 0.1) is 6.20 Å². The standard InChI is InChI=1S/C16H20N2O/c1-11-15(10-17-18(11)2)16(19)14-8-6-13(7-9-14)12-4-3-5-12/h6-10,12,16,19H,3-5H2,1-2H3. The van der Waals surface area contributed by atoms with Gasteiger partial charge in [0.1, 0.15) is 6.10 Å². The zero-order chi connectivity index (χ0) is 13.4. The fourth-order valence-electron chi connectivity index (χ4n) is 2.66. The Bertz CT molecular complexity index is 567. The van der Waals surface area contributed by atoms with Crippen LogP contribution in [0.3, 0.4) is 0 Å². The summed E-state index contributed by atoms with van der Waals surface area (Å²) in [6, 6.07) is 8.41. The molecule has 0 radical (unpaired) electrons. The third-order valence-corrected chi connectivity index (χ3v) is 4.40. The summed E-state index contributed by atoms with van der Waals surface area (Å²) >= 11 is 0. The molecule has 3 heteroatoms. The Hall–Kier alpha value is -1.61. The zero-order valence-electron chi connectivity index (χ0n) is 11.5. The molecule has 1 N–H and O–H groups in total. The normalized spacial score (nSPS) is 17.2. The van der Waals surface area contributed by atoms with Crippen molar-refractivity contribution in [1.82, 2.24) is 9.78 Å². The molecule has 3 rings (SSSR count). The highest BCUT2D eigenvalue weighted by Gasteiger charge is 2.20. The summed E-state index contributed by atoms with van der Waals surface area (Å²) in [5.74, 6) is 0.742. The van der Waals surface area contributed by atoms with E-state index in [0.29, 0.717) is 0 Å². The highest BCUT2D eigenvalue weighted by atomic mass is 16.3. The molecule has 1 atom stereocenters. The van der Waals surface area contributed by atoms with Crippen LogP contribution in [-0.4, -0.2) is 14.9 Å². The van der Waals surface area contributed by atoms with Gasteiger partial charge in [-0.15, -0.1) is 0 Å². The monoisotopic (exact) mass is 256 g/mol. The number of rotatable bonds is 3. The Morgan fingerprint density at radius 2 is 1.95 bits per heavy atom. The number of aromatic nitrogens is 2. The van der Waals surface area contributed by atoms with Crippen molar-refractivity contribution in [2.45, 2.75) is 38.2 Å². The van der Waals surface area contributed by atoms with Gasteiger partial charge in [-0.3, -0.25) is 4.68 Å². The van der Waals surface area contributed by atoms with Crippen molar-refractivity contribution in [1.29, 1.82) is 0 Å². The molecule has 0 aliphatic heterocycles.